The lowest BCUT2D eigenvalue weighted by Crippen LogP contribution is -2.11. The van der Waals surface area contributed by atoms with E-state index in [1.165, 1.54) is 6.07 Å². The summed E-state index contributed by atoms with van der Waals surface area (Å²) >= 11 is 6.13. The second-order valence-electron chi connectivity index (χ2n) is 4.85. The fraction of sp³-hybridized carbons (Fsp3) is 0.500. The molecule has 1 unspecified atom stereocenters. The van der Waals surface area contributed by atoms with Gasteiger partial charge in [0.2, 0.25) is 0 Å². The molecule has 5 heteroatoms. The quantitative estimate of drug-likeness (QED) is 0.891. The summed E-state index contributed by atoms with van der Waals surface area (Å²) in [5, 5.41) is 18.9. The van der Waals surface area contributed by atoms with Gasteiger partial charge >= 0.3 is 5.97 Å². The van der Waals surface area contributed by atoms with Crippen molar-refractivity contribution in [3.8, 4) is 5.75 Å². The second kappa shape index (κ2) is 5.80. The van der Waals surface area contributed by atoms with E-state index in [-0.39, 0.29) is 0 Å². The monoisotopic (exact) mass is 284 g/mol. The number of ether oxygens (including phenoxy) is 1. The molecule has 4 nitrogen and oxygen atoms in total. The standard InChI is InChI=1S/C14H17ClO4/c1-19-13-10(8-4-2-3-5-8)6-9(7-11(13)15)12(16)14(17)18/h6-8,12,16H,2-5H2,1H3,(H,17,18). The van der Waals surface area contributed by atoms with Crippen LogP contribution in [0.25, 0.3) is 0 Å². The number of hydrogen-bond acceptors (Lipinski definition) is 3. The number of aliphatic hydroxyl groups is 1. The first-order valence-electron chi connectivity index (χ1n) is 6.32. The third kappa shape index (κ3) is 2.85. The Bertz CT molecular complexity index is 481. The minimum atomic E-state index is -1.55. The number of methoxy groups -OCH3 is 1. The molecule has 1 aromatic carbocycles. The first kappa shape index (κ1) is 14.2. The highest BCUT2D eigenvalue weighted by Gasteiger charge is 2.25. The van der Waals surface area contributed by atoms with Gasteiger partial charge in [0.25, 0.3) is 0 Å². The summed E-state index contributed by atoms with van der Waals surface area (Å²) < 4.78 is 5.32. The van der Waals surface area contributed by atoms with Crippen LogP contribution in [0.3, 0.4) is 0 Å². The highest BCUT2D eigenvalue weighted by molar-refractivity contribution is 6.32. The maximum absolute atomic E-state index is 10.9. The number of hydrogen-bond donors (Lipinski definition) is 2. The number of halogens is 1. The van der Waals surface area contributed by atoms with E-state index in [0.29, 0.717) is 22.3 Å². The maximum atomic E-state index is 10.9. The molecule has 19 heavy (non-hydrogen) atoms. The minimum absolute atomic E-state index is 0.306. The second-order valence-corrected chi connectivity index (χ2v) is 5.25. The number of benzene rings is 1. The first-order valence-corrected chi connectivity index (χ1v) is 6.70. The first-order chi connectivity index (χ1) is 9.04. The Hall–Kier alpha value is -1.26. The zero-order valence-electron chi connectivity index (χ0n) is 10.7. The lowest BCUT2D eigenvalue weighted by atomic mass is 9.93. The van der Waals surface area contributed by atoms with E-state index in [2.05, 4.69) is 0 Å². The molecule has 0 spiro atoms. The van der Waals surface area contributed by atoms with E-state index in [4.69, 9.17) is 21.4 Å². The molecule has 1 saturated carbocycles. The van der Waals surface area contributed by atoms with E-state index in [1.807, 2.05) is 0 Å². The minimum Gasteiger partial charge on any atom is -0.495 e. The molecule has 1 aromatic rings. The van der Waals surface area contributed by atoms with Crippen LogP contribution in [0.5, 0.6) is 5.75 Å². The Kier molecular flexibility index (Phi) is 4.32. The number of carboxylic acid groups (broad SMARTS) is 1. The summed E-state index contributed by atoms with van der Waals surface area (Å²) in [4.78, 5) is 10.9. The van der Waals surface area contributed by atoms with Gasteiger partial charge in [-0.15, -0.1) is 0 Å². The number of aliphatic hydroxyl groups excluding tert-OH is 1. The average Bonchev–Trinajstić information content (AvgIpc) is 2.90. The van der Waals surface area contributed by atoms with Crippen molar-refractivity contribution in [2.75, 3.05) is 7.11 Å². The van der Waals surface area contributed by atoms with Crippen LogP contribution in [0.1, 0.15) is 48.8 Å². The summed E-state index contributed by atoms with van der Waals surface area (Å²) in [6.45, 7) is 0. The Morgan fingerprint density at radius 2 is 2.05 bits per heavy atom. The van der Waals surface area contributed by atoms with E-state index < -0.39 is 12.1 Å². The van der Waals surface area contributed by atoms with E-state index in [1.54, 1.807) is 13.2 Å². The Labute approximate surface area is 117 Å². The topological polar surface area (TPSA) is 66.8 Å². The van der Waals surface area contributed by atoms with Crippen molar-refractivity contribution < 1.29 is 19.7 Å². The van der Waals surface area contributed by atoms with Gasteiger partial charge < -0.3 is 14.9 Å². The average molecular weight is 285 g/mol. The third-order valence-corrected chi connectivity index (χ3v) is 3.92. The van der Waals surface area contributed by atoms with Crippen molar-refractivity contribution in [2.45, 2.75) is 37.7 Å². The predicted molar refractivity (Wildman–Crippen MR) is 71.8 cm³/mol. The number of carboxylic acids is 1. The van der Waals surface area contributed by atoms with Crippen LogP contribution in [0.4, 0.5) is 0 Å². The normalized spacial score (nSPS) is 17.4. The van der Waals surface area contributed by atoms with Crippen molar-refractivity contribution in [1.29, 1.82) is 0 Å². The van der Waals surface area contributed by atoms with Gasteiger partial charge in [-0.3, -0.25) is 0 Å². The predicted octanol–water partition coefficient (Wildman–Crippen LogP) is 3.12. The summed E-state index contributed by atoms with van der Waals surface area (Å²) in [7, 11) is 1.55. The molecular formula is C14H17ClO4. The zero-order valence-corrected chi connectivity index (χ0v) is 11.5. The lowest BCUT2D eigenvalue weighted by molar-refractivity contribution is -0.146. The molecule has 0 saturated heterocycles. The van der Waals surface area contributed by atoms with Crippen LogP contribution < -0.4 is 4.74 Å². The number of aliphatic carboxylic acids is 1. The molecule has 0 radical (unpaired) electrons. The van der Waals surface area contributed by atoms with Gasteiger partial charge in [0.15, 0.2) is 6.10 Å². The molecule has 0 aliphatic heterocycles. The molecule has 0 bridgehead atoms. The van der Waals surface area contributed by atoms with E-state index >= 15 is 0 Å². The Morgan fingerprint density at radius 3 is 2.58 bits per heavy atom. The molecular weight excluding hydrogens is 268 g/mol. The molecule has 1 aliphatic rings. The van der Waals surface area contributed by atoms with Crippen molar-refractivity contribution in [3.05, 3.63) is 28.3 Å². The van der Waals surface area contributed by atoms with Gasteiger partial charge in [-0.1, -0.05) is 24.4 Å². The summed E-state index contributed by atoms with van der Waals surface area (Å²) in [5.74, 6) is -0.359. The third-order valence-electron chi connectivity index (χ3n) is 3.64. The van der Waals surface area contributed by atoms with Crippen LogP contribution in [-0.2, 0) is 4.79 Å². The van der Waals surface area contributed by atoms with Crippen LogP contribution >= 0.6 is 11.6 Å². The van der Waals surface area contributed by atoms with Crippen molar-refractivity contribution in [3.63, 3.8) is 0 Å². The molecule has 1 fully saturated rings. The number of rotatable bonds is 4. The largest absolute Gasteiger partial charge is 0.495 e. The summed E-state index contributed by atoms with van der Waals surface area (Å²) in [6, 6.07) is 3.16. The van der Waals surface area contributed by atoms with Crippen LogP contribution in [0.15, 0.2) is 12.1 Å². The highest BCUT2D eigenvalue weighted by Crippen LogP contribution is 2.43. The maximum Gasteiger partial charge on any atom is 0.337 e. The fourth-order valence-electron chi connectivity index (χ4n) is 2.69. The zero-order chi connectivity index (χ0) is 14.0. The Morgan fingerprint density at radius 1 is 1.42 bits per heavy atom. The van der Waals surface area contributed by atoms with Crippen molar-refractivity contribution in [2.24, 2.45) is 0 Å². The molecule has 1 aliphatic carbocycles. The van der Waals surface area contributed by atoms with E-state index in [0.717, 1.165) is 31.2 Å². The SMILES string of the molecule is COc1c(Cl)cc(C(O)C(=O)O)cc1C1CCCC1. The van der Waals surface area contributed by atoms with Gasteiger partial charge in [-0.05, 0) is 42.0 Å². The fourth-order valence-corrected chi connectivity index (χ4v) is 3.00. The summed E-state index contributed by atoms with van der Waals surface area (Å²) in [6.07, 6.45) is 2.83. The van der Waals surface area contributed by atoms with Gasteiger partial charge in [0.05, 0.1) is 12.1 Å². The van der Waals surface area contributed by atoms with E-state index in [9.17, 15) is 9.90 Å². The van der Waals surface area contributed by atoms with Crippen LogP contribution in [-0.4, -0.2) is 23.3 Å². The lowest BCUT2D eigenvalue weighted by Gasteiger charge is -2.18. The molecule has 104 valence electrons. The van der Waals surface area contributed by atoms with Crippen LogP contribution in [0, 0.1) is 0 Å². The molecule has 2 rings (SSSR count). The van der Waals surface area contributed by atoms with Gasteiger partial charge in [-0.25, -0.2) is 4.79 Å². The summed E-state index contributed by atoms with van der Waals surface area (Å²) in [5.41, 5.74) is 1.21. The van der Waals surface area contributed by atoms with Crippen molar-refractivity contribution in [1.82, 2.24) is 0 Å². The van der Waals surface area contributed by atoms with Crippen LogP contribution in [0.2, 0.25) is 5.02 Å². The van der Waals surface area contributed by atoms with Gasteiger partial charge in [0, 0.05) is 0 Å². The molecule has 1 atom stereocenters. The molecule has 0 heterocycles. The van der Waals surface area contributed by atoms with Gasteiger partial charge in [-0.2, -0.15) is 0 Å². The highest BCUT2D eigenvalue weighted by atomic mass is 35.5. The Balaban J connectivity index is 2.46. The molecule has 0 aromatic heterocycles. The smallest absolute Gasteiger partial charge is 0.337 e. The van der Waals surface area contributed by atoms with Gasteiger partial charge in [0.1, 0.15) is 5.75 Å². The molecule has 0 amide bonds. The van der Waals surface area contributed by atoms with Crippen molar-refractivity contribution >= 4 is 17.6 Å². The number of carbonyl (C=O) groups is 1. The molecule has 2 N–H and O–H groups in total.